The molecule has 1 aliphatic rings. The molecular formula is C24H25BrN6O2. The lowest BCUT2D eigenvalue weighted by atomic mass is 10.2. The summed E-state index contributed by atoms with van der Waals surface area (Å²) in [6.07, 6.45) is 7.28. The zero-order chi connectivity index (χ0) is 22.9. The van der Waals surface area contributed by atoms with Gasteiger partial charge in [-0.25, -0.2) is 15.0 Å². The number of halogens is 1. The molecule has 4 aromatic rings. The van der Waals surface area contributed by atoms with Crippen molar-refractivity contribution in [3.63, 3.8) is 0 Å². The molecule has 1 aromatic carbocycles. The third-order valence-electron chi connectivity index (χ3n) is 5.53. The van der Waals surface area contributed by atoms with Crippen LogP contribution in [0.4, 0.5) is 5.82 Å². The van der Waals surface area contributed by atoms with Crippen molar-refractivity contribution in [3.8, 4) is 5.75 Å². The van der Waals surface area contributed by atoms with Crippen molar-refractivity contribution in [1.29, 1.82) is 0 Å². The fourth-order valence-electron chi connectivity index (χ4n) is 3.99. The van der Waals surface area contributed by atoms with Crippen LogP contribution in [0.3, 0.4) is 0 Å². The number of hydrogen-bond donors (Lipinski definition) is 0. The maximum atomic E-state index is 6.33. The lowest BCUT2D eigenvalue weighted by molar-refractivity contribution is -0.0156. The molecule has 4 heterocycles. The second-order valence-corrected chi connectivity index (χ2v) is 9.29. The summed E-state index contributed by atoms with van der Waals surface area (Å²) < 4.78 is 15.4. The van der Waals surface area contributed by atoms with Crippen LogP contribution in [0.1, 0.15) is 24.9 Å². The highest BCUT2D eigenvalue weighted by Crippen LogP contribution is 2.33. The van der Waals surface area contributed by atoms with Crippen LogP contribution in [0.15, 0.2) is 52.2 Å². The number of fused-ring (bicyclic) bond motifs is 2. The zero-order valence-electron chi connectivity index (χ0n) is 18.8. The summed E-state index contributed by atoms with van der Waals surface area (Å²) in [4.78, 5) is 20.0. The number of hydrogen-bond acceptors (Lipinski definition) is 6. The molecule has 0 unspecified atom stereocenters. The lowest BCUT2D eigenvalue weighted by Gasteiger charge is -2.17. The number of nitrogens with zero attached hydrogens (tertiary/aromatic N) is 6. The first-order valence-corrected chi connectivity index (χ1v) is 11.6. The molecule has 9 heteroatoms. The van der Waals surface area contributed by atoms with Gasteiger partial charge in [0.15, 0.2) is 5.82 Å². The second kappa shape index (κ2) is 9.07. The Labute approximate surface area is 200 Å². The van der Waals surface area contributed by atoms with Gasteiger partial charge in [-0.2, -0.15) is 0 Å². The molecule has 3 aromatic heterocycles. The molecule has 0 saturated carbocycles. The van der Waals surface area contributed by atoms with Gasteiger partial charge in [-0.05, 0) is 60.0 Å². The molecule has 0 spiro atoms. The fraction of sp³-hybridized carbons (Fsp3) is 0.333. The van der Waals surface area contributed by atoms with Crippen LogP contribution in [-0.2, 0) is 4.74 Å². The summed E-state index contributed by atoms with van der Waals surface area (Å²) in [7, 11) is 3.87. The number of aromatic nitrogens is 4. The molecule has 8 nitrogen and oxygen atoms in total. The van der Waals surface area contributed by atoms with Gasteiger partial charge in [-0.3, -0.25) is 4.98 Å². The van der Waals surface area contributed by atoms with E-state index in [9.17, 15) is 0 Å². The van der Waals surface area contributed by atoms with Crippen molar-refractivity contribution in [2.45, 2.75) is 32.1 Å². The summed E-state index contributed by atoms with van der Waals surface area (Å²) in [5.41, 5.74) is 1.74. The summed E-state index contributed by atoms with van der Waals surface area (Å²) in [6.45, 7) is 2.37. The molecule has 1 aliphatic heterocycles. The van der Waals surface area contributed by atoms with Crippen LogP contribution >= 0.6 is 15.9 Å². The van der Waals surface area contributed by atoms with Gasteiger partial charge in [0, 0.05) is 42.4 Å². The van der Waals surface area contributed by atoms with Crippen molar-refractivity contribution < 1.29 is 9.47 Å². The van der Waals surface area contributed by atoms with Crippen molar-refractivity contribution in [2.75, 3.05) is 20.7 Å². The van der Waals surface area contributed by atoms with Gasteiger partial charge in [-0.1, -0.05) is 0 Å². The van der Waals surface area contributed by atoms with E-state index in [1.807, 2.05) is 62.4 Å². The van der Waals surface area contributed by atoms with E-state index < -0.39 is 0 Å². The smallest absolute Gasteiger partial charge is 0.166 e. The first-order valence-electron chi connectivity index (χ1n) is 10.9. The average molecular weight is 509 g/mol. The van der Waals surface area contributed by atoms with Gasteiger partial charge < -0.3 is 18.9 Å². The van der Waals surface area contributed by atoms with Gasteiger partial charge in [-0.15, -0.1) is 0 Å². The molecule has 0 N–H and O–H groups in total. The molecule has 2 atom stereocenters. The third kappa shape index (κ3) is 4.69. The average Bonchev–Trinajstić information content (AvgIpc) is 3.42. The largest absolute Gasteiger partial charge is 0.491 e. The minimum atomic E-state index is -0.0910. The topological polar surface area (TPSA) is 77.7 Å². The van der Waals surface area contributed by atoms with Crippen molar-refractivity contribution in [3.05, 3.63) is 53.0 Å². The Morgan fingerprint density at radius 1 is 1.24 bits per heavy atom. The van der Waals surface area contributed by atoms with Crippen molar-refractivity contribution >= 4 is 50.0 Å². The van der Waals surface area contributed by atoms with E-state index in [2.05, 4.69) is 40.4 Å². The van der Waals surface area contributed by atoms with E-state index in [4.69, 9.17) is 9.47 Å². The minimum absolute atomic E-state index is 0.00944. The lowest BCUT2D eigenvalue weighted by Crippen LogP contribution is -2.18. The number of rotatable bonds is 6. The van der Waals surface area contributed by atoms with E-state index in [1.165, 1.54) is 0 Å². The fourth-order valence-corrected chi connectivity index (χ4v) is 4.34. The number of aliphatic imine (C=N–C) groups is 1. The molecule has 1 fully saturated rings. The Bertz CT molecular complexity index is 1340. The van der Waals surface area contributed by atoms with Crippen molar-refractivity contribution in [2.24, 2.45) is 4.99 Å². The molecule has 0 radical (unpaired) electrons. The van der Waals surface area contributed by atoms with Crippen LogP contribution in [0.2, 0.25) is 0 Å². The Hall–Kier alpha value is -3.04. The zero-order valence-corrected chi connectivity index (χ0v) is 20.4. The van der Waals surface area contributed by atoms with E-state index in [0.717, 1.165) is 45.0 Å². The van der Waals surface area contributed by atoms with Gasteiger partial charge in [0.1, 0.15) is 30.1 Å². The highest BCUT2D eigenvalue weighted by Gasteiger charge is 2.28. The molecule has 170 valence electrons. The Morgan fingerprint density at radius 2 is 2.12 bits per heavy atom. The number of pyridine rings is 1. The molecule has 1 saturated heterocycles. The summed E-state index contributed by atoms with van der Waals surface area (Å²) in [5, 5.41) is 1.98. The van der Waals surface area contributed by atoms with Crippen LogP contribution in [-0.4, -0.2) is 57.6 Å². The monoisotopic (exact) mass is 508 g/mol. The van der Waals surface area contributed by atoms with Crippen LogP contribution < -0.4 is 4.74 Å². The minimum Gasteiger partial charge on any atom is -0.491 e. The summed E-state index contributed by atoms with van der Waals surface area (Å²) in [5.74, 6) is 2.14. The molecular weight excluding hydrogens is 484 g/mol. The maximum absolute atomic E-state index is 6.33. The number of ether oxygens (including phenoxy) is 2. The molecule has 0 aliphatic carbocycles. The number of aryl methyl sites for hydroxylation is 1. The highest BCUT2D eigenvalue weighted by molar-refractivity contribution is 9.10. The Kier molecular flexibility index (Phi) is 5.99. The summed E-state index contributed by atoms with van der Waals surface area (Å²) in [6, 6.07) is 10.00. The molecule has 33 heavy (non-hydrogen) atoms. The predicted molar refractivity (Wildman–Crippen MR) is 132 cm³/mol. The van der Waals surface area contributed by atoms with E-state index in [0.29, 0.717) is 18.2 Å². The third-order valence-corrected chi connectivity index (χ3v) is 5.96. The quantitative estimate of drug-likeness (QED) is 0.268. The first kappa shape index (κ1) is 21.8. The molecule has 0 bridgehead atoms. The second-order valence-electron chi connectivity index (χ2n) is 8.37. The van der Waals surface area contributed by atoms with Crippen LogP contribution in [0.5, 0.6) is 5.75 Å². The van der Waals surface area contributed by atoms with Crippen LogP contribution in [0, 0.1) is 6.92 Å². The first-order chi connectivity index (χ1) is 16.0. The van der Waals surface area contributed by atoms with Gasteiger partial charge >= 0.3 is 0 Å². The van der Waals surface area contributed by atoms with Gasteiger partial charge in [0.25, 0.3) is 0 Å². The maximum Gasteiger partial charge on any atom is 0.166 e. The Morgan fingerprint density at radius 3 is 2.97 bits per heavy atom. The molecule has 0 amide bonds. The molecule has 5 rings (SSSR count). The van der Waals surface area contributed by atoms with E-state index in [-0.39, 0.29) is 12.3 Å². The standard InChI is InChI=1S/C24H25BrN6O2/c1-15-28-23(27-14-30(2)3)20-8-9-31(24(20)29-15)22-7-6-19(33-22)13-32-18-5-4-16-10-17(25)12-26-21(16)11-18/h4-5,8-12,14,19,22H,6-7,13H2,1-3H3/t19-,22+/m0/s1. The normalized spacial score (nSPS) is 18.5. The van der Waals surface area contributed by atoms with Crippen LogP contribution in [0.25, 0.3) is 21.9 Å². The Balaban J connectivity index is 1.29. The van der Waals surface area contributed by atoms with Crippen molar-refractivity contribution in [1.82, 2.24) is 24.4 Å². The number of benzene rings is 1. The highest BCUT2D eigenvalue weighted by atomic mass is 79.9. The van der Waals surface area contributed by atoms with E-state index in [1.54, 1.807) is 12.5 Å². The predicted octanol–water partition coefficient (Wildman–Crippen LogP) is 5.03. The van der Waals surface area contributed by atoms with Gasteiger partial charge in [0.05, 0.1) is 23.3 Å². The van der Waals surface area contributed by atoms with Gasteiger partial charge in [0.2, 0.25) is 0 Å². The summed E-state index contributed by atoms with van der Waals surface area (Å²) >= 11 is 3.46. The SMILES string of the molecule is Cc1nc(N=CN(C)C)c2ccn([C@H]3CC[C@@H](COc4ccc5cc(Br)cnc5c4)O3)c2n1. The van der Waals surface area contributed by atoms with E-state index >= 15 is 0 Å².